The first-order valence-electron chi connectivity index (χ1n) is 4.83. The maximum Gasteiger partial charge on any atom is 0.133 e. The van der Waals surface area contributed by atoms with E-state index in [1.54, 1.807) is 0 Å². The van der Waals surface area contributed by atoms with E-state index in [9.17, 15) is 0 Å². The monoisotopic (exact) mass is 269 g/mol. The number of ether oxygens (including phenoxy) is 1. The summed E-state index contributed by atoms with van der Waals surface area (Å²) in [5, 5.41) is 3.11. The van der Waals surface area contributed by atoms with Crippen molar-refractivity contribution in [3.8, 4) is 5.75 Å². The highest BCUT2D eigenvalue weighted by atomic mass is 79.9. The van der Waals surface area contributed by atoms with Crippen molar-refractivity contribution in [1.82, 2.24) is 5.32 Å². The van der Waals surface area contributed by atoms with Crippen LogP contribution in [0, 0.1) is 0 Å². The molecule has 15 heavy (non-hydrogen) atoms. The van der Waals surface area contributed by atoms with Gasteiger partial charge in [0.1, 0.15) is 12.4 Å². The van der Waals surface area contributed by atoms with Crippen LogP contribution in [0.2, 0.25) is 0 Å². The molecule has 0 spiro atoms. The topological polar surface area (TPSA) is 21.3 Å². The highest BCUT2D eigenvalue weighted by molar-refractivity contribution is 9.10. The molecular weight excluding hydrogens is 254 g/mol. The lowest BCUT2D eigenvalue weighted by atomic mass is 10.2. The zero-order chi connectivity index (χ0) is 11.3. The molecule has 0 aliphatic rings. The number of halogens is 1. The molecule has 0 heterocycles. The van der Waals surface area contributed by atoms with Gasteiger partial charge in [-0.15, -0.1) is 0 Å². The van der Waals surface area contributed by atoms with Gasteiger partial charge in [0, 0.05) is 6.54 Å². The summed E-state index contributed by atoms with van der Waals surface area (Å²) in [6.07, 6.45) is 0. The Morgan fingerprint density at radius 1 is 1.53 bits per heavy atom. The van der Waals surface area contributed by atoms with Crippen molar-refractivity contribution in [3.05, 3.63) is 40.4 Å². The van der Waals surface area contributed by atoms with Crippen LogP contribution in [0.1, 0.15) is 12.5 Å². The van der Waals surface area contributed by atoms with Crippen molar-refractivity contribution < 1.29 is 4.74 Å². The molecule has 0 saturated carbocycles. The average Bonchev–Trinajstić information content (AvgIpc) is 2.17. The molecule has 3 heteroatoms. The van der Waals surface area contributed by atoms with Crippen LogP contribution in [-0.4, -0.2) is 13.7 Å². The molecular formula is C12H16BrNO. The van der Waals surface area contributed by atoms with E-state index >= 15 is 0 Å². The number of rotatable bonds is 5. The number of hydrogen-bond acceptors (Lipinski definition) is 2. The minimum absolute atomic E-state index is 0.559. The smallest absolute Gasteiger partial charge is 0.133 e. The summed E-state index contributed by atoms with van der Waals surface area (Å²) < 4.78 is 6.55. The highest BCUT2D eigenvalue weighted by Crippen LogP contribution is 2.26. The second kappa shape index (κ2) is 5.93. The van der Waals surface area contributed by atoms with Crippen LogP contribution in [0.5, 0.6) is 5.75 Å². The Morgan fingerprint density at radius 3 is 2.80 bits per heavy atom. The summed E-state index contributed by atoms with van der Waals surface area (Å²) in [4.78, 5) is 0. The molecule has 1 rings (SSSR count). The fraction of sp³-hybridized carbons (Fsp3) is 0.333. The summed E-state index contributed by atoms with van der Waals surface area (Å²) in [6.45, 7) is 7.16. The van der Waals surface area contributed by atoms with Crippen LogP contribution in [-0.2, 0) is 6.54 Å². The molecule has 2 nitrogen and oxygen atoms in total. The third-order valence-corrected chi connectivity index (χ3v) is 2.47. The van der Waals surface area contributed by atoms with Gasteiger partial charge in [-0.05, 0) is 53.2 Å². The van der Waals surface area contributed by atoms with Gasteiger partial charge in [0.15, 0.2) is 0 Å². The molecule has 0 aliphatic heterocycles. The molecule has 0 atom stereocenters. The van der Waals surface area contributed by atoms with Gasteiger partial charge in [0.25, 0.3) is 0 Å². The first-order chi connectivity index (χ1) is 7.13. The first kappa shape index (κ1) is 12.3. The summed E-state index contributed by atoms with van der Waals surface area (Å²) in [6, 6.07) is 6.08. The molecule has 82 valence electrons. The third-order valence-electron chi connectivity index (χ3n) is 1.85. The van der Waals surface area contributed by atoms with Crippen molar-refractivity contribution in [2.45, 2.75) is 13.5 Å². The molecule has 0 saturated heterocycles. The number of benzene rings is 1. The van der Waals surface area contributed by atoms with Crippen molar-refractivity contribution in [2.75, 3.05) is 13.7 Å². The van der Waals surface area contributed by atoms with E-state index in [-0.39, 0.29) is 0 Å². The zero-order valence-electron chi connectivity index (χ0n) is 9.14. The van der Waals surface area contributed by atoms with Gasteiger partial charge in [-0.25, -0.2) is 0 Å². The molecule has 1 aromatic carbocycles. The Balaban J connectivity index is 2.70. The van der Waals surface area contributed by atoms with Crippen LogP contribution in [0.25, 0.3) is 0 Å². The van der Waals surface area contributed by atoms with E-state index in [1.807, 2.05) is 20.0 Å². The van der Waals surface area contributed by atoms with Crippen molar-refractivity contribution in [1.29, 1.82) is 0 Å². The Kier molecular flexibility index (Phi) is 4.85. The Morgan fingerprint density at radius 2 is 2.27 bits per heavy atom. The second-order valence-electron chi connectivity index (χ2n) is 3.54. The van der Waals surface area contributed by atoms with Crippen molar-refractivity contribution in [3.63, 3.8) is 0 Å². The van der Waals surface area contributed by atoms with Crippen LogP contribution in [0.15, 0.2) is 34.8 Å². The van der Waals surface area contributed by atoms with Gasteiger partial charge in [0.2, 0.25) is 0 Å². The summed E-state index contributed by atoms with van der Waals surface area (Å²) in [5.74, 6) is 0.859. The molecule has 0 amide bonds. The summed E-state index contributed by atoms with van der Waals surface area (Å²) in [7, 11) is 1.93. The van der Waals surface area contributed by atoms with Crippen LogP contribution in [0.3, 0.4) is 0 Å². The molecule has 0 fully saturated rings. The Labute approximate surface area is 99.5 Å². The number of nitrogens with one attached hydrogen (secondary N) is 1. The molecule has 1 N–H and O–H groups in total. The van der Waals surface area contributed by atoms with E-state index in [4.69, 9.17) is 4.74 Å². The lowest BCUT2D eigenvalue weighted by molar-refractivity contribution is 0.350. The zero-order valence-corrected chi connectivity index (χ0v) is 10.7. The van der Waals surface area contributed by atoms with Gasteiger partial charge in [-0.2, -0.15) is 0 Å². The molecule has 0 unspecified atom stereocenters. The summed E-state index contributed by atoms with van der Waals surface area (Å²) in [5.41, 5.74) is 2.24. The minimum atomic E-state index is 0.559. The van der Waals surface area contributed by atoms with E-state index in [0.29, 0.717) is 6.61 Å². The Bertz CT molecular complexity index is 349. The van der Waals surface area contributed by atoms with E-state index < -0.39 is 0 Å². The average molecular weight is 270 g/mol. The SMILES string of the molecule is C=C(C)COc1ccc(CNC)cc1Br. The predicted molar refractivity (Wildman–Crippen MR) is 67.2 cm³/mol. The normalized spacial score (nSPS) is 10.1. The van der Waals surface area contributed by atoms with E-state index in [0.717, 1.165) is 22.3 Å². The van der Waals surface area contributed by atoms with Gasteiger partial charge in [-0.1, -0.05) is 12.6 Å². The second-order valence-corrected chi connectivity index (χ2v) is 4.40. The fourth-order valence-corrected chi connectivity index (χ4v) is 1.72. The standard InChI is InChI=1S/C12H16BrNO/c1-9(2)8-15-12-5-4-10(7-14-3)6-11(12)13/h4-6,14H,1,7-8H2,2-3H3. The molecule has 0 aromatic heterocycles. The first-order valence-corrected chi connectivity index (χ1v) is 5.63. The molecule has 1 aromatic rings. The van der Waals surface area contributed by atoms with Crippen LogP contribution in [0.4, 0.5) is 0 Å². The highest BCUT2D eigenvalue weighted by Gasteiger charge is 2.02. The largest absolute Gasteiger partial charge is 0.488 e. The lowest BCUT2D eigenvalue weighted by Crippen LogP contribution is -2.05. The quantitative estimate of drug-likeness (QED) is 0.830. The number of hydrogen-bond donors (Lipinski definition) is 1. The van der Waals surface area contributed by atoms with E-state index in [2.05, 4.69) is 40.0 Å². The minimum Gasteiger partial charge on any atom is -0.488 e. The summed E-state index contributed by atoms with van der Waals surface area (Å²) >= 11 is 3.48. The molecule has 0 aliphatic carbocycles. The van der Waals surface area contributed by atoms with Gasteiger partial charge in [0.05, 0.1) is 4.47 Å². The third kappa shape index (κ3) is 4.06. The predicted octanol–water partition coefficient (Wildman–Crippen LogP) is 3.12. The molecule has 0 radical (unpaired) electrons. The lowest BCUT2D eigenvalue weighted by Gasteiger charge is -2.09. The van der Waals surface area contributed by atoms with Crippen molar-refractivity contribution >= 4 is 15.9 Å². The maximum absolute atomic E-state index is 5.56. The van der Waals surface area contributed by atoms with Crippen molar-refractivity contribution in [2.24, 2.45) is 0 Å². The maximum atomic E-state index is 5.56. The van der Waals surface area contributed by atoms with Gasteiger partial charge in [-0.3, -0.25) is 0 Å². The fourth-order valence-electron chi connectivity index (χ4n) is 1.18. The van der Waals surface area contributed by atoms with Crippen LogP contribution >= 0.6 is 15.9 Å². The molecule has 0 bridgehead atoms. The van der Waals surface area contributed by atoms with Gasteiger partial charge < -0.3 is 10.1 Å². The van der Waals surface area contributed by atoms with E-state index in [1.165, 1.54) is 5.56 Å². The van der Waals surface area contributed by atoms with Gasteiger partial charge >= 0.3 is 0 Å². The Hall–Kier alpha value is -0.800. The van der Waals surface area contributed by atoms with Crippen LogP contribution < -0.4 is 10.1 Å².